The third kappa shape index (κ3) is 2.93. The summed E-state index contributed by atoms with van der Waals surface area (Å²) >= 11 is 1.18. The van der Waals surface area contributed by atoms with Gasteiger partial charge < -0.3 is 9.88 Å². The van der Waals surface area contributed by atoms with Crippen LogP contribution in [0.3, 0.4) is 0 Å². The number of carbonyl (C=O) groups is 1. The number of carbonyl (C=O) groups excluding carboxylic acids is 1. The van der Waals surface area contributed by atoms with Crippen LogP contribution in [0.4, 0.5) is 0 Å². The van der Waals surface area contributed by atoms with E-state index in [2.05, 4.69) is 17.4 Å². The number of amides is 1. The largest absolute Gasteiger partial charge is 0.349 e. The van der Waals surface area contributed by atoms with Crippen molar-refractivity contribution in [2.75, 3.05) is 0 Å². The minimum absolute atomic E-state index is 0.00603. The maximum absolute atomic E-state index is 12.1. The van der Waals surface area contributed by atoms with Crippen LogP contribution >= 0.6 is 11.3 Å². The van der Waals surface area contributed by atoms with Crippen LogP contribution in [0.2, 0.25) is 0 Å². The molecule has 2 aromatic rings. The van der Waals surface area contributed by atoms with Gasteiger partial charge in [-0.05, 0) is 30.9 Å². The molecule has 4 nitrogen and oxygen atoms in total. The van der Waals surface area contributed by atoms with Crippen LogP contribution in [0.15, 0.2) is 34.4 Å². The zero-order valence-corrected chi connectivity index (χ0v) is 12.8. The van der Waals surface area contributed by atoms with E-state index in [0.717, 1.165) is 18.5 Å². The first kappa shape index (κ1) is 14.1. The second-order valence-electron chi connectivity index (χ2n) is 5.40. The maximum atomic E-state index is 12.1. The summed E-state index contributed by atoms with van der Waals surface area (Å²) in [7, 11) is 0. The van der Waals surface area contributed by atoms with Crippen LogP contribution in [0, 0.1) is 6.92 Å². The molecule has 110 valence electrons. The predicted octanol–water partition coefficient (Wildman–Crippen LogP) is 2.41. The van der Waals surface area contributed by atoms with Crippen molar-refractivity contribution in [3.05, 3.63) is 56.1 Å². The van der Waals surface area contributed by atoms with Gasteiger partial charge in [0.05, 0.1) is 6.04 Å². The van der Waals surface area contributed by atoms with E-state index in [9.17, 15) is 9.59 Å². The molecule has 1 heterocycles. The highest BCUT2D eigenvalue weighted by Crippen LogP contribution is 2.30. The van der Waals surface area contributed by atoms with Crippen LogP contribution < -0.4 is 10.2 Å². The van der Waals surface area contributed by atoms with E-state index < -0.39 is 0 Å². The summed E-state index contributed by atoms with van der Waals surface area (Å²) in [5.41, 5.74) is 3.48. The number of thiazole rings is 1. The molecule has 0 spiro atoms. The summed E-state index contributed by atoms with van der Waals surface area (Å²) in [4.78, 5) is 23.7. The molecular formula is C16H18N2O2S. The Balaban J connectivity index is 1.60. The summed E-state index contributed by atoms with van der Waals surface area (Å²) < 4.78 is 1.66. The molecule has 1 aromatic heterocycles. The molecule has 1 aromatic carbocycles. The van der Waals surface area contributed by atoms with Gasteiger partial charge in [0, 0.05) is 24.0 Å². The van der Waals surface area contributed by atoms with Crippen LogP contribution in [-0.2, 0) is 17.8 Å². The van der Waals surface area contributed by atoms with Crippen LogP contribution in [0.5, 0.6) is 0 Å². The third-order valence-electron chi connectivity index (χ3n) is 4.01. The molecule has 1 aliphatic rings. The molecule has 0 fully saturated rings. The summed E-state index contributed by atoms with van der Waals surface area (Å²) in [6.07, 6.45) is 2.32. The molecule has 0 radical (unpaired) electrons. The number of nitrogens with one attached hydrogen (secondary N) is 1. The van der Waals surface area contributed by atoms with E-state index in [4.69, 9.17) is 0 Å². The quantitative estimate of drug-likeness (QED) is 0.943. The average molecular weight is 302 g/mol. The van der Waals surface area contributed by atoms with Crippen LogP contribution in [0.1, 0.15) is 35.7 Å². The topological polar surface area (TPSA) is 51.1 Å². The molecule has 1 atom stereocenters. The molecule has 1 amide bonds. The highest BCUT2D eigenvalue weighted by atomic mass is 32.1. The lowest BCUT2D eigenvalue weighted by molar-refractivity contribution is -0.122. The van der Waals surface area contributed by atoms with Crippen molar-refractivity contribution in [3.63, 3.8) is 0 Å². The lowest BCUT2D eigenvalue weighted by atomic mass is 10.1. The number of fused-ring (bicyclic) bond motifs is 1. The Kier molecular flexibility index (Phi) is 3.92. The first-order valence-electron chi connectivity index (χ1n) is 7.17. The van der Waals surface area contributed by atoms with E-state index in [1.54, 1.807) is 4.57 Å². The minimum atomic E-state index is 0.00603. The van der Waals surface area contributed by atoms with Gasteiger partial charge in [-0.3, -0.25) is 9.59 Å². The molecule has 1 aliphatic carbocycles. The second kappa shape index (κ2) is 5.85. The first-order chi connectivity index (χ1) is 10.1. The van der Waals surface area contributed by atoms with Gasteiger partial charge in [-0.2, -0.15) is 0 Å². The Morgan fingerprint density at radius 2 is 2.24 bits per heavy atom. The van der Waals surface area contributed by atoms with Gasteiger partial charge in [-0.1, -0.05) is 35.6 Å². The molecule has 0 bridgehead atoms. The van der Waals surface area contributed by atoms with Crippen LogP contribution in [-0.4, -0.2) is 10.5 Å². The Morgan fingerprint density at radius 1 is 1.43 bits per heavy atom. The zero-order chi connectivity index (χ0) is 14.8. The van der Waals surface area contributed by atoms with E-state index in [1.165, 1.54) is 22.5 Å². The first-order valence-corrected chi connectivity index (χ1v) is 8.05. The fourth-order valence-corrected chi connectivity index (χ4v) is 3.62. The highest BCUT2D eigenvalue weighted by molar-refractivity contribution is 7.07. The molecule has 21 heavy (non-hydrogen) atoms. The van der Waals surface area contributed by atoms with Crippen molar-refractivity contribution >= 4 is 17.2 Å². The van der Waals surface area contributed by atoms with E-state index in [0.29, 0.717) is 13.0 Å². The number of benzene rings is 1. The fraction of sp³-hybridized carbons (Fsp3) is 0.375. The molecule has 5 heteroatoms. The van der Waals surface area contributed by atoms with Gasteiger partial charge in [0.15, 0.2) is 0 Å². The minimum Gasteiger partial charge on any atom is -0.349 e. The van der Waals surface area contributed by atoms with Crippen molar-refractivity contribution in [1.82, 2.24) is 9.88 Å². The van der Waals surface area contributed by atoms with E-state index in [-0.39, 0.29) is 16.8 Å². The summed E-state index contributed by atoms with van der Waals surface area (Å²) in [6.45, 7) is 2.34. The number of hydrogen-bond acceptors (Lipinski definition) is 3. The maximum Gasteiger partial charge on any atom is 0.307 e. The molecule has 0 unspecified atom stereocenters. The number of hydrogen-bond donors (Lipinski definition) is 1. The van der Waals surface area contributed by atoms with E-state index >= 15 is 0 Å². The fourth-order valence-electron chi connectivity index (χ4n) is 2.86. The SMILES string of the molecule is Cc1csc(=O)n1CCC(=O)N[C@H]1CCc2ccccc21. The van der Waals surface area contributed by atoms with Gasteiger partial charge in [-0.25, -0.2) is 0 Å². The molecular weight excluding hydrogens is 284 g/mol. The highest BCUT2D eigenvalue weighted by Gasteiger charge is 2.23. The van der Waals surface area contributed by atoms with Gasteiger partial charge >= 0.3 is 4.87 Å². The standard InChI is InChI=1S/C16H18N2O2S/c1-11-10-21-16(20)18(11)9-8-15(19)17-14-7-6-12-4-2-3-5-13(12)14/h2-5,10,14H,6-9H2,1H3,(H,17,19)/t14-/m0/s1. The number of nitrogens with zero attached hydrogens (tertiary/aromatic N) is 1. The predicted molar refractivity (Wildman–Crippen MR) is 83.6 cm³/mol. The molecule has 3 rings (SSSR count). The van der Waals surface area contributed by atoms with Crippen molar-refractivity contribution in [2.24, 2.45) is 0 Å². The number of rotatable bonds is 4. The molecule has 0 saturated heterocycles. The average Bonchev–Trinajstić information content (AvgIpc) is 3.02. The summed E-state index contributed by atoms with van der Waals surface area (Å²) in [5, 5.41) is 4.91. The lowest BCUT2D eigenvalue weighted by Crippen LogP contribution is -2.29. The van der Waals surface area contributed by atoms with Crippen molar-refractivity contribution < 1.29 is 4.79 Å². The third-order valence-corrected chi connectivity index (χ3v) is 4.89. The molecule has 0 aliphatic heterocycles. The zero-order valence-electron chi connectivity index (χ0n) is 12.0. The Bertz CT molecular complexity index is 717. The number of aryl methyl sites for hydroxylation is 2. The molecule has 1 N–H and O–H groups in total. The Hall–Kier alpha value is -1.88. The van der Waals surface area contributed by atoms with Crippen molar-refractivity contribution in [2.45, 2.75) is 38.8 Å². The van der Waals surface area contributed by atoms with Gasteiger partial charge in [0.1, 0.15) is 0 Å². The lowest BCUT2D eigenvalue weighted by Gasteiger charge is -2.14. The van der Waals surface area contributed by atoms with Crippen molar-refractivity contribution in [3.8, 4) is 0 Å². The van der Waals surface area contributed by atoms with Gasteiger partial charge in [-0.15, -0.1) is 0 Å². The van der Waals surface area contributed by atoms with Gasteiger partial charge in [0.25, 0.3) is 0 Å². The van der Waals surface area contributed by atoms with Crippen molar-refractivity contribution in [1.29, 1.82) is 0 Å². The van der Waals surface area contributed by atoms with Crippen LogP contribution in [0.25, 0.3) is 0 Å². The monoisotopic (exact) mass is 302 g/mol. The number of aromatic nitrogens is 1. The summed E-state index contributed by atoms with van der Waals surface area (Å²) in [6, 6.07) is 8.37. The summed E-state index contributed by atoms with van der Waals surface area (Å²) in [5.74, 6) is 0.00852. The van der Waals surface area contributed by atoms with Gasteiger partial charge in [0.2, 0.25) is 5.91 Å². The smallest absolute Gasteiger partial charge is 0.307 e. The Morgan fingerprint density at radius 3 is 3.00 bits per heavy atom. The van der Waals surface area contributed by atoms with E-state index in [1.807, 2.05) is 24.4 Å². The second-order valence-corrected chi connectivity index (χ2v) is 6.22. The molecule has 0 saturated carbocycles. The normalized spacial score (nSPS) is 16.7. The Labute approximate surface area is 127 Å².